The Morgan fingerprint density at radius 1 is 1.15 bits per heavy atom. The second-order valence-corrected chi connectivity index (χ2v) is 7.03. The SMILES string of the molecule is CN1CCC(Cc2cnc(CNC(=O)Cc3ccc(F)cc3)cn2)CC1. The lowest BCUT2D eigenvalue weighted by Crippen LogP contribution is -2.31. The summed E-state index contributed by atoms with van der Waals surface area (Å²) in [6.07, 6.45) is 7.17. The van der Waals surface area contributed by atoms with Gasteiger partial charge in [0.2, 0.25) is 5.91 Å². The number of carbonyl (C=O) groups excluding carboxylic acids is 1. The van der Waals surface area contributed by atoms with Gasteiger partial charge in [-0.3, -0.25) is 14.8 Å². The van der Waals surface area contributed by atoms with E-state index in [0.717, 1.165) is 36.5 Å². The minimum atomic E-state index is -0.301. The number of aromatic nitrogens is 2. The third-order valence-corrected chi connectivity index (χ3v) is 4.84. The zero-order valence-corrected chi connectivity index (χ0v) is 15.1. The molecular weight excluding hydrogens is 331 g/mol. The highest BCUT2D eigenvalue weighted by molar-refractivity contribution is 5.78. The number of halogens is 1. The van der Waals surface area contributed by atoms with Gasteiger partial charge in [0.05, 0.1) is 30.6 Å². The van der Waals surface area contributed by atoms with E-state index < -0.39 is 0 Å². The molecule has 1 amide bonds. The smallest absolute Gasteiger partial charge is 0.224 e. The summed E-state index contributed by atoms with van der Waals surface area (Å²) in [5.41, 5.74) is 2.54. The number of hydrogen-bond donors (Lipinski definition) is 1. The number of benzene rings is 1. The predicted octanol–water partition coefficient (Wildman–Crippen LogP) is 2.36. The first-order chi connectivity index (χ1) is 12.6. The van der Waals surface area contributed by atoms with Crippen LogP contribution in [0.2, 0.25) is 0 Å². The van der Waals surface area contributed by atoms with Crippen molar-refractivity contribution in [2.24, 2.45) is 5.92 Å². The topological polar surface area (TPSA) is 58.1 Å². The highest BCUT2D eigenvalue weighted by Crippen LogP contribution is 2.19. The average molecular weight is 356 g/mol. The van der Waals surface area contributed by atoms with E-state index in [4.69, 9.17) is 0 Å². The van der Waals surface area contributed by atoms with Crippen LogP contribution in [0.1, 0.15) is 29.8 Å². The summed E-state index contributed by atoms with van der Waals surface area (Å²) in [4.78, 5) is 23.2. The minimum absolute atomic E-state index is 0.117. The van der Waals surface area contributed by atoms with Gasteiger partial charge in [0.15, 0.2) is 0 Å². The monoisotopic (exact) mass is 356 g/mol. The Bertz CT molecular complexity index is 710. The molecule has 0 aliphatic carbocycles. The molecule has 1 aliphatic heterocycles. The molecule has 0 bridgehead atoms. The fourth-order valence-corrected chi connectivity index (χ4v) is 3.18. The molecule has 1 saturated heterocycles. The summed E-state index contributed by atoms with van der Waals surface area (Å²) in [6.45, 7) is 2.65. The minimum Gasteiger partial charge on any atom is -0.350 e. The molecule has 138 valence electrons. The maximum absolute atomic E-state index is 12.9. The van der Waals surface area contributed by atoms with Crippen LogP contribution in [0.4, 0.5) is 4.39 Å². The number of rotatable bonds is 6. The zero-order valence-electron chi connectivity index (χ0n) is 15.1. The summed E-state index contributed by atoms with van der Waals surface area (Å²) in [7, 11) is 2.16. The van der Waals surface area contributed by atoms with Gasteiger partial charge in [0.1, 0.15) is 5.82 Å². The molecule has 1 aromatic carbocycles. The standard InChI is InChI=1S/C20H25FN4O/c1-25-8-6-16(7-9-25)10-18-12-23-19(13-22-18)14-24-20(26)11-15-2-4-17(21)5-3-15/h2-5,12-13,16H,6-11,14H2,1H3,(H,24,26). The van der Waals surface area contributed by atoms with E-state index in [1.807, 2.05) is 6.20 Å². The van der Waals surface area contributed by atoms with Crippen LogP contribution in [-0.2, 0) is 24.2 Å². The molecule has 1 aromatic heterocycles. The first-order valence-corrected chi connectivity index (χ1v) is 9.08. The van der Waals surface area contributed by atoms with Gasteiger partial charge in [-0.25, -0.2) is 4.39 Å². The summed E-state index contributed by atoms with van der Waals surface area (Å²) in [5.74, 6) is 0.264. The Morgan fingerprint density at radius 2 is 1.81 bits per heavy atom. The van der Waals surface area contributed by atoms with E-state index in [1.165, 1.54) is 25.0 Å². The van der Waals surface area contributed by atoms with Crippen molar-refractivity contribution in [1.82, 2.24) is 20.2 Å². The summed E-state index contributed by atoms with van der Waals surface area (Å²) < 4.78 is 12.9. The molecule has 0 radical (unpaired) electrons. The van der Waals surface area contributed by atoms with Crippen molar-refractivity contribution in [3.8, 4) is 0 Å². The van der Waals surface area contributed by atoms with Crippen LogP contribution in [0.25, 0.3) is 0 Å². The van der Waals surface area contributed by atoms with Gasteiger partial charge in [-0.15, -0.1) is 0 Å². The van der Waals surface area contributed by atoms with Crippen molar-refractivity contribution in [3.63, 3.8) is 0 Å². The molecule has 0 atom stereocenters. The van der Waals surface area contributed by atoms with E-state index in [2.05, 4.69) is 27.2 Å². The van der Waals surface area contributed by atoms with E-state index in [0.29, 0.717) is 12.5 Å². The molecular formula is C20H25FN4O. The van der Waals surface area contributed by atoms with Crippen LogP contribution in [0.15, 0.2) is 36.7 Å². The first kappa shape index (κ1) is 18.5. The summed E-state index contributed by atoms with van der Waals surface area (Å²) in [6, 6.07) is 5.95. The van der Waals surface area contributed by atoms with E-state index >= 15 is 0 Å². The maximum Gasteiger partial charge on any atom is 0.224 e. The van der Waals surface area contributed by atoms with Gasteiger partial charge in [-0.2, -0.15) is 0 Å². The Kier molecular flexibility index (Phi) is 6.28. The molecule has 6 heteroatoms. The second kappa shape index (κ2) is 8.85. The first-order valence-electron chi connectivity index (χ1n) is 9.08. The molecule has 5 nitrogen and oxygen atoms in total. The van der Waals surface area contributed by atoms with Crippen LogP contribution >= 0.6 is 0 Å². The van der Waals surface area contributed by atoms with Crippen LogP contribution in [-0.4, -0.2) is 40.9 Å². The molecule has 1 fully saturated rings. The fourth-order valence-electron chi connectivity index (χ4n) is 3.18. The number of hydrogen-bond acceptors (Lipinski definition) is 4. The third-order valence-electron chi connectivity index (χ3n) is 4.84. The lowest BCUT2D eigenvalue weighted by atomic mass is 9.92. The molecule has 3 rings (SSSR count). The van der Waals surface area contributed by atoms with Gasteiger partial charge in [-0.1, -0.05) is 12.1 Å². The zero-order chi connectivity index (χ0) is 18.4. The van der Waals surface area contributed by atoms with Crippen LogP contribution in [0.3, 0.4) is 0 Å². The van der Waals surface area contributed by atoms with Crippen molar-refractivity contribution >= 4 is 5.91 Å². The molecule has 1 N–H and O–H groups in total. The quantitative estimate of drug-likeness (QED) is 0.863. The number of carbonyl (C=O) groups is 1. The van der Waals surface area contributed by atoms with Crippen molar-refractivity contribution in [2.75, 3.05) is 20.1 Å². The van der Waals surface area contributed by atoms with E-state index in [9.17, 15) is 9.18 Å². The lowest BCUT2D eigenvalue weighted by Gasteiger charge is -2.28. The normalized spacial score (nSPS) is 15.8. The number of amides is 1. The van der Waals surface area contributed by atoms with Crippen molar-refractivity contribution in [2.45, 2.75) is 32.2 Å². The van der Waals surface area contributed by atoms with E-state index in [-0.39, 0.29) is 18.1 Å². The van der Waals surface area contributed by atoms with Gasteiger partial charge in [-0.05, 0) is 63.0 Å². The third kappa shape index (κ3) is 5.59. The number of piperidine rings is 1. The molecule has 26 heavy (non-hydrogen) atoms. The second-order valence-electron chi connectivity index (χ2n) is 7.03. The largest absolute Gasteiger partial charge is 0.350 e. The van der Waals surface area contributed by atoms with E-state index in [1.54, 1.807) is 18.3 Å². The highest BCUT2D eigenvalue weighted by atomic mass is 19.1. The van der Waals surface area contributed by atoms with Crippen LogP contribution in [0, 0.1) is 11.7 Å². The van der Waals surface area contributed by atoms with Crippen LogP contribution in [0.5, 0.6) is 0 Å². The number of nitrogens with one attached hydrogen (secondary N) is 1. The highest BCUT2D eigenvalue weighted by Gasteiger charge is 2.17. The molecule has 0 spiro atoms. The maximum atomic E-state index is 12.9. The fraction of sp³-hybridized carbons (Fsp3) is 0.450. The molecule has 0 saturated carbocycles. The Hall–Kier alpha value is -2.34. The van der Waals surface area contributed by atoms with Gasteiger partial charge in [0, 0.05) is 6.20 Å². The molecule has 2 heterocycles. The molecule has 0 unspecified atom stereocenters. The van der Waals surface area contributed by atoms with Crippen molar-refractivity contribution in [3.05, 3.63) is 59.4 Å². The molecule has 2 aromatic rings. The van der Waals surface area contributed by atoms with Gasteiger partial charge in [0.25, 0.3) is 0 Å². The Morgan fingerprint density at radius 3 is 2.46 bits per heavy atom. The number of likely N-dealkylation sites (tertiary alicyclic amines) is 1. The molecule has 1 aliphatic rings. The Balaban J connectivity index is 1.43. The Labute approximate surface area is 153 Å². The summed E-state index contributed by atoms with van der Waals surface area (Å²) in [5, 5.41) is 2.83. The van der Waals surface area contributed by atoms with Crippen molar-refractivity contribution < 1.29 is 9.18 Å². The average Bonchev–Trinajstić information content (AvgIpc) is 2.65. The predicted molar refractivity (Wildman–Crippen MR) is 97.9 cm³/mol. The lowest BCUT2D eigenvalue weighted by molar-refractivity contribution is -0.120. The summed E-state index contributed by atoms with van der Waals surface area (Å²) >= 11 is 0. The number of nitrogens with zero attached hydrogens (tertiary/aromatic N) is 3. The van der Waals surface area contributed by atoms with Gasteiger partial charge >= 0.3 is 0 Å². The van der Waals surface area contributed by atoms with Crippen molar-refractivity contribution in [1.29, 1.82) is 0 Å². The van der Waals surface area contributed by atoms with Gasteiger partial charge < -0.3 is 10.2 Å². The van der Waals surface area contributed by atoms with Crippen LogP contribution < -0.4 is 5.32 Å².